The van der Waals surface area contributed by atoms with Crippen LogP contribution in [0, 0.1) is 42.0 Å². The third-order valence-corrected chi connectivity index (χ3v) is 28.6. The summed E-state index contributed by atoms with van der Waals surface area (Å²) in [5.41, 5.74) is 18.4. The minimum absolute atomic E-state index is 0.194. The molecule has 0 unspecified atom stereocenters. The fourth-order valence-electron chi connectivity index (χ4n) is 16.1. The number of hydrogen-bond acceptors (Lipinski definition) is 29. The lowest BCUT2D eigenvalue weighted by Gasteiger charge is -2.08. The monoisotopic (exact) mass is 2050 g/mol. The predicted octanol–water partition coefficient (Wildman–Crippen LogP) is 15.6. The van der Waals surface area contributed by atoms with Gasteiger partial charge in [-0.3, -0.25) is 102 Å². The number of pyridine rings is 6. The number of para-hydroxylation sites is 3. The number of hydrogen-bond donors (Lipinski definition) is 1. The van der Waals surface area contributed by atoms with Gasteiger partial charge in [-0.2, -0.15) is 68.6 Å². The zero-order valence-corrected chi connectivity index (χ0v) is 81.6. The van der Waals surface area contributed by atoms with Crippen LogP contribution in [0.15, 0.2) is 356 Å². The molecule has 44 nitrogen and oxygen atoms in total. The van der Waals surface area contributed by atoms with E-state index in [1.165, 1.54) is 90.8 Å². The van der Waals surface area contributed by atoms with E-state index in [-0.39, 0.29) is 38.1 Å². The summed E-state index contributed by atoms with van der Waals surface area (Å²) in [6.07, 6.45) is 39.6. The molecule has 0 bridgehead atoms. The number of H-pyrrole nitrogens is 1. The molecule has 0 aliphatic rings. The number of sulfone groups is 1. The maximum atomic E-state index is 13.9. The molecule has 1 N–H and O–H groups in total. The molecule has 0 saturated heterocycles. The van der Waals surface area contributed by atoms with Crippen LogP contribution in [0.1, 0.15) is 16.7 Å². The van der Waals surface area contributed by atoms with Crippen molar-refractivity contribution in [2.45, 2.75) is 39.3 Å². The van der Waals surface area contributed by atoms with Crippen LogP contribution in [0.5, 0.6) is 0 Å². The van der Waals surface area contributed by atoms with E-state index < -0.39 is 71.5 Å². The molecule has 24 aromatic rings. The summed E-state index contributed by atoms with van der Waals surface area (Å²) in [4.78, 5) is 56.4. The molecule has 0 aliphatic carbocycles. The fourth-order valence-corrected chi connectivity index (χ4v) is 20.5. The first-order valence-electron chi connectivity index (χ1n) is 44.8. The molecule has 0 aliphatic heterocycles. The van der Waals surface area contributed by atoms with E-state index in [0.29, 0.717) is 51.9 Å². The molecule has 0 saturated carbocycles. The van der Waals surface area contributed by atoms with Gasteiger partial charge < -0.3 is 0 Å². The second kappa shape index (κ2) is 41.3. The van der Waals surface area contributed by atoms with Gasteiger partial charge in [0.25, 0.3) is 37.1 Å². The molecule has 18 aromatic heterocycles. The second-order valence-corrected chi connectivity index (χ2v) is 39.0. The van der Waals surface area contributed by atoms with Crippen molar-refractivity contribution < 1.29 is 48.8 Å². The minimum Gasteiger partial charge on any atom is -0.275 e. The zero-order valence-electron chi connectivity index (χ0n) is 79.1. The van der Waals surface area contributed by atoms with Crippen LogP contribution < -0.4 is 0 Å². The van der Waals surface area contributed by atoms with E-state index in [9.17, 15) is 64.4 Å². The number of fused-ring (bicyclic) bond motifs is 6. The SMILES string of the molecule is Cn1cc(-c2cnc3ccn(S(=O)(=O)c4ccccc4[N+](=O)[O-])c3c2)cn1.Cn1cc(-c2cnc3cnn(Cc4cccc(F)c4)c3c2)cn1.Cn1cc(-c2cnc3cnn(Cc4ccccc4)c3c2)cn1.Cn1cc(-c2cnc3cnn(Cc4ccccc4F)c3c2)cn1.Cn1cc(-c2cnc3cnn(S(=O)(=O)c4ccccc4[N+](=O)[O-])c3c2)cn1.Cn1cc(-c2cnc3n[nH]c(S(=O)(=O)c4ccccc4[N+](=O)[O-])c3c2)cn1. The minimum atomic E-state index is -4.29. The molecule has 0 fully saturated rings. The van der Waals surface area contributed by atoms with Gasteiger partial charge in [0, 0.05) is 213 Å². The molecule has 0 atom stereocenters. The van der Waals surface area contributed by atoms with Crippen LogP contribution in [0.4, 0.5) is 25.8 Å². The number of nitro groups is 3. The largest absolute Gasteiger partial charge is 0.290 e. The van der Waals surface area contributed by atoms with Gasteiger partial charge in [0.1, 0.15) is 39.2 Å². The van der Waals surface area contributed by atoms with E-state index in [1.807, 2.05) is 116 Å². The molecular formula is C100H80F2N32O12S3. The van der Waals surface area contributed by atoms with Gasteiger partial charge in [-0.25, -0.2) is 34.6 Å². The van der Waals surface area contributed by atoms with Crippen molar-refractivity contribution in [3.8, 4) is 66.8 Å². The number of aryl methyl sites for hydroxylation is 6. The lowest BCUT2D eigenvalue weighted by atomic mass is 10.1. The fraction of sp³-hybridized carbons (Fsp3) is 0.0900. The Kier molecular flexibility index (Phi) is 27.2. The summed E-state index contributed by atoms with van der Waals surface area (Å²) >= 11 is 0. The van der Waals surface area contributed by atoms with Crippen molar-refractivity contribution in [1.82, 2.24) is 141 Å². The van der Waals surface area contributed by atoms with Crippen LogP contribution >= 0.6 is 0 Å². The molecule has 0 radical (unpaired) electrons. The Balaban J connectivity index is 0.000000112. The maximum Gasteiger partial charge on any atom is 0.290 e. The third kappa shape index (κ3) is 21.0. The van der Waals surface area contributed by atoms with Crippen LogP contribution in [-0.2, 0) is 91.8 Å². The molecule has 0 amide bonds. The zero-order chi connectivity index (χ0) is 104. The summed E-state index contributed by atoms with van der Waals surface area (Å²) in [6.45, 7) is 1.61. The highest BCUT2D eigenvalue weighted by molar-refractivity contribution is 7.92. The summed E-state index contributed by atoms with van der Waals surface area (Å²) in [5.74, 6) is -0.472. The highest BCUT2D eigenvalue weighted by atomic mass is 32.2. The number of aromatic nitrogens is 29. The van der Waals surface area contributed by atoms with Crippen molar-refractivity contribution in [2.24, 2.45) is 42.3 Å². The van der Waals surface area contributed by atoms with Gasteiger partial charge in [0.2, 0.25) is 9.84 Å². The third-order valence-electron chi connectivity index (χ3n) is 23.4. The molecule has 6 aromatic carbocycles. The van der Waals surface area contributed by atoms with Crippen LogP contribution in [0.2, 0.25) is 0 Å². The van der Waals surface area contributed by atoms with E-state index in [0.717, 1.165) is 122 Å². The first-order chi connectivity index (χ1) is 71.8. The Bertz CT molecular complexity index is 9090. The van der Waals surface area contributed by atoms with Crippen molar-refractivity contribution in [1.29, 1.82) is 0 Å². The lowest BCUT2D eigenvalue weighted by Crippen LogP contribution is -2.16. The smallest absolute Gasteiger partial charge is 0.275 e. The summed E-state index contributed by atoms with van der Waals surface area (Å²) in [6, 6.07) is 51.8. The molecule has 24 rings (SSSR count). The van der Waals surface area contributed by atoms with Crippen molar-refractivity contribution in [3.05, 3.63) is 395 Å². The Morgan fingerprint density at radius 1 is 0.315 bits per heavy atom. The average Bonchev–Trinajstić information content (AvgIpc) is 1.57. The van der Waals surface area contributed by atoms with Crippen LogP contribution in [0.25, 0.3) is 133 Å². The lowest BCUT2D eigenvalue weighted by molar-refractivity contribution is -0.388. The van der Waals surface area contributed by atoms with Gasteiger partial charge in [0.05, 0.1) is 129 Å². The second-order valence-electron chi connectivity index (χ2n) is 33.6. The number of nitro benzene ring substituents is 3. The topological polar surface area (TPSA) is 521 Å². The van der Waals surface area contributed by atoms with Gasteiger partial charge in [-0.15, -0.1) is 0 Å². The molecular weight excluding hydrogens is 1980 g/mol. The standard InChI is InChI=1S/2C17H14FN5.C17H13N5O4S.C17H15N5.2C16H12N6O4S/c1-22-11-14(8-20-22)13-6-17-16(19-7-13)9-21-23(17)10-12-3-2-4-15(18)5-12;1-22-10-14(8-20-22)13-6-17-16(19-7-13)9-21-23(17)11-12-4-2-3-5-15(12)18;1-20-11-13(10-19-20)12-8-16-14(18-9-12)6-7-21(16)27(25,26)17-5-3-2-4-15(17)22(23)24;1-21-12-15(9-19-21)14-7-17-16(18-8-14)10-20-22(17)11-13-5-3-2-4-6-13;1-20-10-12(8-18-20)11-6-15-13(17-7-11)9-19-21(15)27(25,26)16-5-3-2-4-14(16)22(23)24;1-21-9-11(8-18-21)10-6-12-15(17-7-10)19-20-16(12)27(25,26)14-5-3-2-4-13(14)22(23)24/h2-9,11H,10H2,1H3;2-10H,11H2,1H3;2-11H,1H3;2-10,12H,11H2,1H3;2-10H,1H3;2-9H,1H3,(H,17,19,20). The average molecular weight is 2060 g/mol. The molecule has 744 valence electrons. The highest BCUT2D eigenvalue weighted by Gasteiger charge is 2.34. The van der Waals surface area contributed by atoms with Crippen molar-refractivity contribution >= 4 is 113 Å². The number of halogens is 2. The normalized spacial score (nSPS) is 11.5. The summed E-state index contributed by atoms with van der Waals surface area (Å²) in [5, 5.41) is 82.0. The Hall–Kier alpha value is -19.7. The molecule has 0 spiro atoms. The number of rotatable bonds is 21. The van der Waals surface area contributed by atoms with Crippen LogP contribution in [-0.4, -0.2) is 181 Å². The summed E-state index contributed by atoms with van der Waals surface area (Å²) < 4.78 is 123. The first kappa shape index (κ1) is 98.1. The Morgan fingerprint density at radius 3 is 1.11 bits per heavy atom. The Morgan fingerprint density at radius 2 is 0.671 bits per heavy atom. The van der Waals surface area contributed by atoms with Gasteiger partial charge in [-0.1, -0.05) is 97.1 Å². The highest BCUT2D eigenvalue weighted by Crippen LogP contribution is 2.37. The Labute approximate surface area is 841 Å². The summed E-state index contributed by atoms with van der Waals surface area (Å²) in [7, 11) is -1.72. The first-order valence-corrected chi connectivity index (χ1v) is 49.2. The van der Waals surface area contributed by atoms with Gasteiger partial charge >= 0.3 is 0 Å². The predicted molar refractivity (Wildman–Crippen MR) is 543 cm³/mol. The molecule has 149 heavy (non-hydrogen) atoms. The number of benzene rings is 6. The van der Waals surface area contributed by atoms with E-state index in [4.69, 9.17) is 0 Å². The number of nitrogens with zero attached hydrogens (tertiary/aromatic N) is 31. The molecule has 18 heterocycles. The van der Waals surface area contributed by atoms with E-state index >= 15 is 0 Å². The van der Waals surface area contributed by atoms with E-state index in [1.54, 1.807) is 183 Å². The van der Waals surface area contributed by atoms with Crippen molar-refractivity contribution in [3.63, 3.8) is 0 Å². The quantitative estimate of drug-likeness (QED) is 0.0515. The molecule has 49 heteroatoms. The van der Waals surface area contributed by atoms with Gasteiger partial charge in [0.15, 0.2) is 25.4 Å². The number of aromatic amines is 1. The van der Waals surface area contributed by atoms with Gasteiger partial charge in [-0.05, 0) is 90.0 Å². The maximum absolute atomic E-state index is 13.9. The number of nitrogens with one attached hydrogen (secondary N) is 1. The van der Waals surface area contributed by atoms with Crippen LogP contribution in [0.3, 0.4) is 0 Å². The van der Waals surface area contributed by atoms with Crippen molar-refractivity contribution in [2.75, 3.05) is 0 Å². The van der Waals surface area contributed by atoms with E-state index in [2.05, 4.69) is 109 Å².